The second-order valence-electron chi connectivity index (χ2n) is 7.04. The first-order valence-electron chi connectivity index (χ1n) is 9.42. The van der Waals surface area contributed by atoms with Crippen molar-refractivity contribution in [1.82, 2.24) is 9.80 Å². The Bertz CT molecular complexity index is 978. The van der Waals surface area contributed by atoms with E-state index >= 15 is 0 Å². The minimum absolute atomic E-state index is 0.0652. The molecule has 2 amide bonds. The monoisotopic (exact) mass is 393 g/mol. The Morgan fingerprint density at radius 2 is 1.64 bits per heavy atom. The topological polar surface area (TPSA) is 43.9 Å². The summed E-state index contributed by atoms with van der Waals surface area (Å²) in [5, 5.41) is 4.27. The maximum absolute atomic E-state index is 12.7. The summed E-state index contributed by atoms with van der Waals surface area (Å²) in [5.74, 6) is 0.161. The van der Waals surface area contributed by atoms with E-state index < -0.39 is 0 Å². The maximum atomic E-state index is 12.7. The summed E-state index contributed by atoms with van der Waals surface area (Å²) in [6, 6.07) is 18.2. The van der Waals surface area contributed by atoms with Crippen LogP contribution in [0.3, 0.4) is 0 Å². The predicted molar refractivity (Wildman–Crippen MR) is 114 cm³/mol. The van der Waals surface area contributed by atoms with Gasteiger partial charge in [-0.05, 0) is 34.4 Å². The molecule has 0 spiro atoms. The molecule has 2 aromatic carbocycles. The van der Waals surface area contributed by atoms with Crippen molar-refractivity contribution in [2.75, 3.05) is 44.7 Å². The number of nitrogens with zero attached hydrogens (tertiary/aromatic N) is 3. The normalized spacial score (nSPS) is 14.3. The SMILES string of the molecule is CN(CC(=O)N1CCN(C(=O)c2cccs2)CC1)c1ccc2ccccc2c1. The summed E-state index contributed by atoms with van der Waals surface area (Å²) in [5.41, 5.74) is 1.03. The van der Waals surface area contributed by atoms with Crippen LogP contribution in [0.1, 0.15) is 9.67 Å². The van der Waals surface area contributed by atoms with Gasteiger partial charge in [0.2, 0.25) is 5.91 Å². The molecule has 0 saturated carbocycles. The Hall–Kier alpha value is -2.86. The fourth-order valence-electron chi connectivity index (χ4n) is 3.52. The van der Waals surface area contributed by atoms with Gasteiger partial charge in [-0.3, -0.25) is 9.59 Å². The number of benzene rings is 2. The van der Waals surface area contributed by atoms with Crippen LogP contribution in [-0.2, 0) is 4.79 Å². The third-order valence-electron chi connectivity index (χ3n) is 5.20. The van der Waals surface area contributed by atoms with Crippen molar-refractivity contribution < 1.29 is 9.59 Å². The van der Waals surface area contributed by atoms with E-state index in [2.05, 4.69) is 24.3 Å². The van der Waals surface area contributed by atoms with Crippen molar-refractivity contribution in [1.29, 1.82) is 0 Å². The Morgan fingerprint density at radius 3 is 2.36 bits per heavy atom. The van der Waals surface area contributed by atoms with Crippen LogP contribution in [0.4, 0.5) is 5.69 Å². The number of hydrogen-bond donors (Lipinski definition) is 0. The third-order valence-corrected chi connectivity index (χ3v) is 6.06. The van der Waals surface area contributed by atoms with Crippen LogP contribution < -0.4 is 4.90 Å². The van der Waals surface area contributed by atoms with Crippen molar-refractivity contribution in [2.24, 2.45) is 0 Å². The van der Waals surface area contributed by atoms with E-state index in [1.807, 2.05) is 57.5 Å². The lowest BCUT2D eigenvalue weighted by atomic mass is 10.1. The minimum Gasteiger partial charge on any atom is -0.365 e. The first kappa shape index (κ1) is 18.5. The Morgan fingerprint density at radius 1 is 0.929 bits per heavy atom. The molecule has 3 aromatic rings. The summed E-state index contributed by atoms with van der Waals surface area (Å²) in [4.78, 5) is 31.6. The Kier molecular flexibility index (Phi) is 5.30. The average molecular weight is 394 g/mol. The molecule has 0 aliphatic carbocycles. The highest BCUT2D eigenvalue weighted by atomic mass is 32.1. The number of piperazine rings is 1. The number of rotatable bonds is 4. The lowest BCUT2D eigenvalue weighted by Crippen LogP contribution is -2.52. The number of fused-ring (bicyclic) bond motifs is 1. The van der Waals surface area contributed by atoms with E-state index in [9.17, 15) is 9.59 Å². The highest BCUT2D eigenvalue weighted by Crippen LogP contribution is 2.21. The zero-order chi connectivity index (χ0) is 19.5. The summed E-state index contributed by atoms with van der Waals surface area (Å²) >= 11 is 1.46. The van der Waals surface area contributed by atoms with Crippen LogP contribution in [0.15, 0.2) is 60.0 Å². The van der Waals surface area contributed by atoms with E-state index in [1.165, 1.54) is 22.1 Å². The van der Waals surface area contributed by atoms with Gasteiger partial charge in [0.15, 0.2) is 0 Å². The predicted octanol–water partition coefficient (Wildman–Crippen LogP) is 3.32. The highest BCUT2D eigenvalue weighted by Gasteiger charge is 2.25. The molecule has 28 heavy (non-hydrogen) atoms. The van der Waals surface area contributed by atoms with E-state index in [0.717, 1.165) is 10.6 Å². The van der Waals surface area contributed by atoms with Gasteiger partial charge in [-0.15, -0.1) is 11.3 Å². The highest BCUT2D eigenvalue weighted by molar-refractivity contribution is 7.12. The van der Waals surface area contributed by atoms with E-state index in [4.69, 9.17) is 0 Å². The maximum Gasteiger partial charge on any atom is 0.264 e. The van der Waals surface area contributed by atoms with Crippen molar-refractivity contribution in [3.05, 3.63) is 64.9 Å². The van der Waals surface area contributed by atoms with E-state index in [0.29, 0.717) is 32.7 Å². The molecule has 0 radical (unpaired) electrons. The molecule has 5 nitrogen and oxygen atoms in total. The molecule has 1 fully saturated rings. The first-order valence-corrected chi connectivity index (χ1v) is 10.3. The lowest BCUT2D eigenvalue weighted by Gasteiger charge is -2.35. The molecular formula is C22H23N3O2S. The van der Waals surface area contributed by atoms with Gasteiger partial charge >= 0.3 is 0 Å². The van der Waals surface area contributed by atoms with Crippen LogP contribution in [0.5, 0.6) is 0 Å². The largest absolute Gasteiger partial charge is 0.365 e. The van der Waals surface area contributed by atoms with Gasteiger partial charge in [-0.2, -0.15) is 0 Å². The summed E-state index contributed by atoms with van der Waals surface area (Å²) in [6.07, 6.45) is 0. The first-order chi connectivity index (χ1) is 13.6. The van der Waals surface area contributed by atoms with Crippen LogP contribution >= 0.6 is 11.3 Å². The van der Waals surface area contributed by atoms with Crippen LogP contribution in [0, 0.1) is 0 Å². The lowest BCUT2D eigenvalue weighted by molar-refractivity contribution is -0.131. The van der Waals surface area contributed by atoms with Gasteiger partial charge in [0.25, 0.3) is 5.91 Å². The van der Waals surface area contributed by atoms with Crippen molar-refractivity contribution >= 4 is 39.6 Å². The van der Waals surface area contributed by atoms with Gasteiger partial charge in [0.05, 0.1) is 11.4 Å². The second-order valence-corrected chi connectivity index (χ2v) is 7.99. The average Bonchev–Trinajstić information content (AvgIpc) is 3.28. The summed E-state index contributed by atoms with van der Waals surface area (Å²) in [7, 11) is 1.94. The molecular weight excluding hydrogens is 370 g/mol. The van der Waals surface area contributed by atoms with Crippen LogP contribution in [0.25, 0.3) is 10.8 Å². The molecule has 6 heteroatoms. The second kappa shape index (κ2) is 8.02. The van der Waals surface area contributed by atoms with Gasteiger partial charge in [0.1, 0.15) is 0 Å². The van der Waals surface area contributed by atoms with Gasteiger partial charge in [-0.1, -0.05) is 36.4 Å². The molecule has 144 valence electrons. The van der Waals surface area contributed by atoms with Crippen molar-refractivity contribution in [2.45, 2.75) is 0 Å². The van der Waals surface area contributed by atoms with Crippen molar-refractivity contribution in [3.63, 3.8) is 0 Å². The fourth-order valence-corrected chi connectivity index (χ4v) is 4.21. The number of carbonyl (C=O) groups is 2. The van der Waals surface area contributed by atoms with E-state index in [1.54, 1.807) is 0 Å². The number of carbonyl (C=O) groups excluding carboxylic acids is 2. The standard InChI is InChI=1S/C22H23N3O2S/c1-23(19-9-8-17-5-2-3-6-18(17)15-19)16-21(26)24-10-12-25(13-11-24)22(27)20-7-4-14-28-20/h2-9,14-15H,10-13,16H2,1H3. The van der Waals surface area contributed by atoms with E-state index in [-0.39, 0.29) is 11.8 Å². The molecule has 0 atom stereocenters. The van der Waals surface area contributed by atoms with Crippen LogP contribution in [-0.4, -0.2) is 61.4 Å². The zero-order valence-corrected chi connectivity index (χ0v) is 16.7. The van der Waals surface area contributed by atoms with Crippen molar-refractivity contribution in [3.8, 4) is 0 Å². The van der Waals surface area contributed by atoms with Gasteiger partial charge < -0.3 is 14.7 Å². The molecule has 0 unspecified atom stereocenters. The molecule has 0 N–H and O–H groups in total. The quantitative estimate of drug-likeness (QED) is 0.683. The molecule has 1 saturated heterocycles. The number of anilines is 1. The Balaban J connectivity index is 1.34. The van der Waals surface area contributed by atoms with Crippen LogP contribution in [0.2, 0.25) is 0 Å². The fraction of sp³-hybridized carbons (Fsp3) is 0.273. The number of hydrogen-bond acceptors (Lipinski definition) is 4. The Labute approximate surface area is 168 Å². The third kappa shape index (κ3) is 3.87. The summed E-state index contributed by atoms with van der Waals surface area (Å²) < 4.78 is 0. The molecule has 2 heterocycles. The van der Waals surface area contributed by atoms with Gasteiger partial charge in [-0.25, -0.2) is 0 Å². The number of likely N-dealkylation sites (N-methyl/N-ethyl adjacent to an activating group) is 1. The van der Waals surface area contributed by atoms with Gasteiger partial charge in [0, 0.05) is 38.9 Å². The molecule has 1 aliphatic heterocycles. The molecule has 0 bridgehead atoms. The number of thiophene rings is 1. The molecule has 1 aliphatic rings. The molecule has 4 rings (SSSR count). The zero-order valence-electron chi connectivity index (χ0n) is 15.9. The smallest absolute Gasteiger partial charge is 0.264 e. The minimum atomic E-state index is 0.0652. The molecule has 1 aromatic heterocycles. The summed E-state index contributed by atoms with van der Waals surface area (Å²) in [6.45, 7) is 2.67. The number of amides is 2.